The maximum absolute atomic E-state index is 9.54. The third-order valence-corrected chi connectivity index (χ3v) is 5.54. The van der Waals surface area contributed by atoms with E-state index in [1.807, 2.05) is 72.8 Å². The van der Waals surface area contributed by atoms with Gasteiger partial charge in [0.15, 0.2) is 0 Å². The van der Waals surface area contributed by atoms with Crippen LogP contribution >= 0.6 is 47.8 Å². The highest BCUT2D eigenvalue weighted by molar-refractivity contribution is 9.11. The summed E-state index contributed by atoms with van der Waals surface area (Å²) in [6.07, 6.45) is 1.86. The molecule has 0 spiro atoms. The summed E-state index contributed by atoms with van der Waals surface area (Å²) in [5, 5.41) is 9.54. The molecule has 0 saturated carbocycles. The molecule has 0 atom stereocenters. The van der Waals surface area contributed by atoms with Gasteiger partial charge in [0.1, 0.15) is 12.4 Å². The van der Waals surface area contributed by atoms with Crippen LogP contribution in [-0.2, 0) is 6.61 Å². The van der Waals surface area contributed by atoms with E-state index in [2.05, 4.69) is 53.9 Å². The van der Waals surface area contributed by atoms with Crippen LogP contribution < -0.4 is 4.74 Å². The molecule has 0 saturated heterocycles. The highest BCUT2D eigenvalue weighted by Crippen LogP contribution is 2.36. The third-order valence-electron chi connectivity index (χ3n) is 3.83. The number of hydrogen-bond acceptors (Lipinski definition) is 2. The molecule has 0 aliphatic rings. The van der Waals surface area contributed by atoms with Crippen molar-refractivity contribution in [2.45, 2.75) is 6.61 Å². The van der Waals surface area contributed by atoms with Gasteiger partial charge >= 0.3 is 0 Å². The Morgan fingerprint density at radius 2 is 1.56 bits per heavy atom. The van der Waals surface area contributed by atoms with Gasteiger partial charge in [0, 0.05) is 4.47 Å². The maximum atomic E-state index is 9.54. The molecule has 134 valence electrons. The summed E-state index contributed by atoms with van der Waals surface area (Å²) < 4.78 is 8.59. The van der Waals surface area contributed by atoms with Crippen molar-refractivity contribution in [1.29, 1.82) is 5.26 Å². The fourth-order valence-corrected chi connectivity index (χ4v) is 4.22. The Kier molecular flexibility index (Phi) is 6.89. The standard InChI is InChI=1S/C22H14Br3NO/c23-19-8-6-17(7-9-19)18(13-26)10-16-11-20(24)22(21(25)12-16)27-14-15-4-2-1-3-5-15/h1-12H,14H2/b18-10-. The molecule has 0 fully saturated rings. The summed E-state index contributed by atoms with van der Waals surface area (Å²) in [5.41, 5.74) is 3.47. The predicted molar refractivity (Wildman–Crippen MR) is 120 cm³/mol. The molecule has 3 rings (SSSR count). The zero-order valence-electron chi connectivity index (χ0n) is 14.1. The summed E-state index contributed by atoms with van der Waals surface area (Å²) in [6.45, 7) is 0.482. The number of benzene rings is 3. The van der Waals surface area contributed by atoms with Crippen molar-refractivity contribution in [3.63, 3.8) is 0 Å². The Morgan fingerprint density at radius 3 is 2.15 bits per heavy atom. The summed E-state index contributed by atoms with van der Waals surface area (Å²) in [7, 11) is 0. The number of halogens is 3. The maximum Gasteiger partial charge on any atom is 0.148 e. The smallest absolute Gasteiger partial charge is 0.148 e. The molecule has 5 heteroatoms. The molecule has 27 heavy (non-hydrogen) atoms. The largest absolute Gasteiger partial charge is 0.487 e. The summed E-state index contributed by atoms with van der Waals surface area (Å²) >= 11 is 10.6. The van der Waals surface area contributed by atoms with Crippen LogP contribution in [0.4, 0.5) is 0 Å². The van der Waals surface area contributed by atoms with Crippen molar-refractivity contribution in [2.24, 2.45) is 0 Å². The zero-order chi connectivity index (χ0) is 19.2. The Morgan fingerprint density at radius 1 is 0.926 bits per heavy atom. The lowest BCUT2D eigenvalue weighted by Crippen LogP contribution is -1.97. The van der Waals surface area contributed by atoms with E-state index in [0.29, 0.717) is 12.2 Å². The van der Waals surface area contributed by atoms with Gasteiger partial charge in [-0.1, -0.05) is 58.4 Å². The molecular weight excluding hydrogens is 534 g/mol. The molecular formula is C22H14Br3NO. The molecule has 3 aromatic carbocycles. The van der Waals surface area contributed by atoms with Crippen molar-refractivity contribution in [3.8, 4) is 11.8 Å². The van der Waals surface area contributed by atoms with Gasteiger partial charge in [-0.15, -0.1) is 0 Å². The van der Waals surface area contributed by atoms with Gasteiger partial charge in [-0.25, -0.2) is 0 Å². The van der Waals surface area contributed by atoms with E-state index < -0.39 is 0 Å². The van der Waals surface area contributed by atoms with E-state index in [0.717, 1.165) is 35.9 Å². The lowest BCUT2D eigenvalue weighted by atomic mass is 10.0. The number of hydrogen-bond donors (Lipinski definition) is 0. The average Bonchev–Trinajstić information content (AvgIpc) is 2.67. The Labute approximate surface area is 183 Å². The van der Waals surface area contributed by atoms with E-state index in [4.69, 9.17) is 4.74 Å². The van der Waals surface area contributed by atoms with Crippen LogP contribution in [0.3, 0.4) is 0 Å². The first kappa shape index (κ1) is 19.9. The fraction of sp³-hybridized carbons (Fsp3) is 0.0455. The van der Waals surface area contributed by atoms with Crippen LogP contribution in [0.5, 0.6) is 5.75 Å². The number of nitrogens with zero attached hydrogens (tertiary/aromatic N) is 1. The van der Waals surface area contributed by atoms with Crippen LogP contribution in [0.25, 0.3) is 11.6 Å². The van der Waals surface area contributed by atoms with Crippen molar-refractivity contribution < 1.29 is 4.74 Å². The lowest BCUT2D eigenvalue weighted by molar-refractivity contribution is 0.302. The topological polar surface area (TPSA) is 33.0 Å². The average molecular weight is 548 g/mol. The third kappa shape index (κ3) is 5.32. The molecule has 0 bridgehead atoms. The second-order valence-electron chi connectivity index (χ2n) is 5.76. The summed E-state index contributed by atoms with van der Waals surface area (Å²) in [5.74, 6) is 0.734. The molecule has 0 aliphatic heterocycles. The minimum absolute atomic E-state index is 0.482. The summed E-state index contributed by atoms with van der Waals surface area (Å²) in [6, 6.07) is 23.8. The molecule has 0 aliphatic carbocycles. The van der Waals surface area contributed by atoms with Crippen LogP contribution in [0.15, 0.2) is 80.1 Å². The fourth-order valence-electron chi connectivity index (χ4n) is 2.51. The van der Waals surface area contributed by atoms with Gasteiger partial charge in [-0.3, -0.25) is 0 Å². The normalized spacial score (nSPS) is 11.1. The van der Waals surface area contributed by atoms with Gasteiger partial charge in [0.05, 0.1) is 20.6 Å². The SMILES string of the molecule is N#C/C(=C/c1cc(Br)c(OCc2ccccc2)c(Br)c1)c1ccc(Br)cc1. The Bertz CT molecular complexity index is 983. The van der Waals surface area contributed by atoms with Crippen LogP contribution in [0.2, 0.25) is 0 Å². The number of ether oxygens (including phenoxy) is 1. The molecule has 3 aromatic rings. The van der Waals surface area contributed by atoms with Gasteiger partial charge < -0.3 is 4.74 Å². The highest BCUT2D eigenvalue weighted by Gasteiger charge is 2.10. The van der Waals surface area contributed by atoms with Gasteiger partial charge in [0.2, 0.25) is 0 Å². The second-order valence-corrected chi connectivity index (χ2v) is 8.39. The van der Waals surface area contributed by atoms with E-state index in [-0.39, 0.29) is 0 Å². The first-order valence-corrected chi connectivity index (χ1v) is 10.5. The van der Waals surface area contributed by atoms with Gasteiger partial charge in [-0.2, -0.15) is 5.26 Å². The van der Waals surface area contributed by atoms with Crippen LogP contribution in [-0.4, -0.2) is 0 Å². The second kappa shape index (κ2) is 9.36. The lowest BCUT2D eigenvalue weighted by Gasteiger charge is -2.12. The molecule has 0 N–H and O–H groups in total. The summed E-state index contributed by atoms with van der Waals surface area (Å²) in [4.78, 5) is 0. The monoisotopic (exact) mass is 545 g/mol. The zero-order valence-corrected chi connectivity index (χ0v) is 18.9. The van der Waals surface area contributed by atoms with Crippen LogP contribution in [0, 0.1) is 11.3 Å². The first-order chi connectivity index (χ1) is 13.1. The van der Waals surface area contributed by atoms with Crippen LogP contribution in [0.1, 0.15) is 16.7 Å². The van der Waals surface area contributed by atoms with Crippen molar-refractivity contribution in [2.75, 3.05) is 0 Å². The van der Waals surface area contributed by atoms with Gasteiger partial charge in [-0.05, 0) is 78.9 Å². The van der Waals surface area contributed by atoms with Gasteiger partial charge in [0.25, 0.3) is 0 Å². The number of rotatable bonds is 5. The van der Waals surface area contributed by atoms with Crippen molar-refractivity contribution >= 4 is 59.4 Å². The Hall–Kier alpha value is -1.87. The number of allylic oxidation sites excluding steroid dienone is 1. The van der Waals surface area contributed by atoms with E-state index in [1.165, 1.54) is 0 Å². The Balaban J connectivity index is 1.85. The number of nitriles is 1. The highest BCUT2D eigenvalue weighted by atomic mass is 79.9. The first-order valence-electron chi connectivity index (χ1n) is 8.10. The molecule has 0 aromatic heterocycles. The molecule has 0 heterocycles. The molecule has 0 amide bonds. The minimum Gasteiger partial charge on any atom is -0.487 e. The van der Waals surface area contributed by atoms with E-state index >= 15 is 0 Å². The molecule has 0 unspecified atom stereocenters. The van der Waals surface area contributed by atoms with E-state index in [9.17, 15) is 5.26 Å². The van der Waals surface area contributed by atoms with Crippen molar-refractivity contribution in [3.05, 3.63) is 96.8 Å². The molecule has 0 radical (unpaired) electrons. The molecule has 2 nitrogen and oxygen atoms in total. The quantitative estimate of drug-likeness (QED) is 0.243. The van der Waals surface area contributed by atoms with E-state index in [1.54, 1.807) is 0 Å². The van der Waals surface area contributed by atoms with Crippen molar-refractivity contribution in [1.82, 2.24) is 0 Å². The predicted octanol–water partition coefficient (Wildman–Crippen LogP) is 7.62. The minimum atomic E-state index is 0.482.